The molecule has 1 heterocycles. The summed E-state index contributed by atoms with van der Waals surface area (Å²) in [7, 11) is -2.91. The summed E-state index contributed by atoms with van der Waals surface area (Å²) in [6.45, 7) is 1.99. The summed E-state index contributed by atoms with van der Waals surface area (Å²) in [6, 6.07) is 0. The van der Waals surface area contributed by atoms with Gasteiger partial charge < -0.3 is 5.32 Å². The van der Waals surface area contributed by atoms with Gasteiger partial charge in [0.15, 0.2) is 5.25 Å². The van der Waals surface area contributed by atoms with Crippen molar-refractivity contribution in [3.8, 4) is 0 Å². The minimum absolute atomic E-state index is 0.383. The summed E-state index contributed by atoms with van der Waals surface area (Å²) < 4.78 is 30.4. The van der Waals surface area contributed by atoms with Crippen molar-refractivity contribution in [3.63, 3.8) is 0 Å². The first kappa shape index (κ1) is 14.0. The van der Waals surface area contributed by atoms with Crippen LogP contribution in [0.15, 0.2) is 0 Å². The molecule has 1 saturated heterocycles. The summed E-state index contributed by atoms with van der Waals surface area (Å²) in [5, 5.41) is 1.42. The average molecular weight is 266 g/mol. The molecule has 1 aliphatic heterocycles. The van der Waals surface area contributed by atoms with E-state index in [1.54, 1.807) is 14.0 Å². The lowest BCUT2D eigenvalue weighted by Crippen LogP contribution is -2.39. The normalized spacial score (nSPS) is 23.2. The highest BCUT2D eigenvalue weighted by molar-refractivity contribution is 7.87. The minimum atomic E-state index is -4.57. The Hall–Kier alpha value is -1.03. The highest BCUT2D eigenvalue weighted by Crippen LogP contribution is 2.20. The smallest absolute Gasteiger partial charge is 0.277 e. The van der Waals surface area contributed by atoms with Gasteiger partial charge in [-0.25, -0.2) is 0 Å². The number of imide groups is 1. The first-order chi connectivity index (χ1) is 7.77. The third-order valence-electron chi connectivity index (χ3n) is 2.20. The fourth-order valence-corrected chi connectivity index (χ4v) is 2.13. The Morgan fingerprint density at radius 2 is 2.18 bits per heavy atom. The van der Waals surface area contributed by atoms with Gasteiger partial charge in [0.25, 0.3) is 21.9 Å². The molecule has 0 aromatic heterocycles. The highest BCUT2D eigenvalue weighted by atomic mass is 32.2. The van der Waals surface area contributed by atoms with Gasteiger partial charge in [-0.2, -0.15) is 13.5 Å². The number of hydrogen-bond donors (Lipinski definition) is 2. The van der Waals surface area contributed by atoms with Gasteiger partial charge in [-0.1, -0.05) is 0 Å². The van der Waals surface area contributed by atoms with E-state index in [1.165, 1.54) is 0 Å². The van der Waals surface area contributed by atoms with Crippen LogP contribution in [0, 0.1) is 0 Å². The molecule has 0 radical (unpaired) electrons. The molecule has 2 amide bonds. The van der Waals surface area contributed by atoms with Crippen molar-refractivity contribution in [2.45, 2.75) is 24.7 Å². The van der Waals surface area contributed by atoms with Crippen molar-refractivity contribution in [1.82, 2.24) is 10.4 Å². The molecule has 8 nitrogen and oxygen atoms in total. The van der Waals surface area contributed by atoms with Crippen LogP contribution in [0.5, 0.6) is 0 Å². The number of hydrogen-bond acceptors (Lipinski definition) is 6. The number of carbonyl (C=O) groups is 2. The molecule has 9 heteroatoms. The summed E-state index contributed by atoms with van der Waals surface area (Å²) in [5.74, 6) is -1.83. The van der Waals surface area contributed by atoms with E-state index in [4.69, 9.17) is 9.39 Å². The van der Waals surface area contributed by atoms with Crippen LogP contribution < -0.4 is 5.32 Å². The number of nitrogens with one attached hydrogen (secondary N) is 1. The van der Waals surface area contributed by atoms with E-state index >= 15 is 0 Å². The van der Waals surface area contributed by atoms with Crippen molar-refractivity contribution in [2.75, 3.05) is 13.6 Å². The van der Waals surface area contributed by atoms with Crippen LogP contribution in [0.3, 0.4) is 0 Å². The van der Waals surface area contributed by atoms with Crippen molar-refractivity contribution < 1.29 is 27.4 Å². The van der Waals surface area contributed by atoms with Gasteiger partial charge in [-0.3, -0.25) is 19.0 Å². The molecule has 2 unspecified atom stereocenters. The van der Waals surface area contributed by atoms with Crippen molar-refractivity contribution in [3.05, 3.63) is 0 Å². The molecule has 98 valence electrons. The van der Waals surface area contributed by atoms with Crippen LogP contribution in [0.4, 0.5) is 0 Å². The standard InChI is InChI=1S/C8H14N2O6S/c1-5(4-9-2)16-10-7(11)3-6(8(10)12)17(13,14)15/h5-6,9H,3-4H2,1-2H3,(H,13,14,15). The Morgan fingerprint density at radius 3 is 2.59 bits per heavy atom. The fraction of sp³-hybridized carbons (Fsp3) is 0.750. The molecular formula is C8H14N2O6S. The van der Waals surface area contributed by atoms with E-state index in [0.29, 0.717) is 11.6 Å². The molecule has 1 rings (SSSR count). The number of nitrogens with zero attached hydrogens (tertiary/aromatic N) is 1. The Labute approximate surface area is 98.6 Å². The van der Waals surface area contributed by atoms with E-state index in [0.717, 1.165) is 0 Å². The summed E-state index contributed by atoms with van der Waals surface area (Å²) in [6.07, 6.45) is -1.07. The van der Waals surface area contributed by atoms with Crippen LogP contribution in [0.1, 0.15) is 13.3 Å². The molecule has 0 spiro atoms. The molecule has 17 heavy (non-hydrogen) atoms. The maximum atomic E-state index is 11.5. The third kappa shape index (κ3) is 3.22. The van der Waals surface area contributed by atoms with Gasteiger partial charge >= 0.3 is 0 Å². The lowest BCUT2D eigenvalue weighted by molar-refractivity contribution is -0.199. The van der Waals surface area contributed by atoms with Crippen molar-refractivity contribution in [2.24, 2.45) is 0 Å². The second-order valence-electron chi connectivity index (χ2n) is 3.71. The molecule has 0 bridgehead atoms. The predicted molar refractivity (Wildman–Crippen MR) is 56.3 cm³/mol. The maximum Gasteiger partial charge on any atom is 0.277 e. The summed E-state index contributed by atoms with van der Waals surface area (Å²) >= 11 is 0. The highest BCUT2D eigenvalue weighted by Gasteiger charge is 2.47. The molecular weight excluding hydrogens is 252 g/mol. The van der Waals surface area contributed by atoms with Crippen molar-refractivity contribution >= 4 is 21.9 Å². The SMILES string of the molecule is CNCC(C)ON1C(=O)CC(S(=O)(=O)O)C1=O. The van der Waals surface area contributed by atoms with Crippen LogP contribution in [0.2, 0.25) is 0 Å². The molecule has 0 aromatic carbocycles. The molecule has 1 aliphatic rings. The Kier molecular flexibility index (Phi) is 4.20. The lowest BCUT2D eigenvalue weighted by Gasteiger charge is -2.19. The van der Waals surface area contributed by atoms with Gasteiger partial charge in [-0.05, 0) is 14.0 Å². The number of rotatable bonds is 5. The first-order valence-corrected chi connectivity index (χ1v) is 6.42. The number of likely N-dealkylation sites (N-methyl/N-ethyl adjacent to an activating group) is 1. The van der Waals surface area contributed by atoms with Gasteiger partial charge in [0.1, 0.15) is 0 Å². The second kappa shape index (κ2) is 5.08. The molecule has 0 aliphatic carbocycles. The van der Waals surface area contributed by atoms with Crippen molar-refractivity contribution in [1.29, 1.82) is 0 Å². The van der Waals surface area contributed by atoms with Crippen LogP contribution in [-0.2, 0) is 24.5 Å². The topological polar surface area (TPSA) is 113 Å². The van der Waals surface area contributed by atoms with Crippen LogP contribution in [-0.4, -0.2) is 54.8 Å². The Bertz CT molecular complexity index is 420. The largest absolute Gasteiger partial charge is 0.317 e. The van der Waals surface area contributed by atoms with Gasteiger partial charge in [0.2, 0.25) is 0 Å². The zero-order valence-electron chi connectivity index (χ0n) is 9.41. The van der Waals surface area contributed by atoms with Crippen LogP contribution >= 0.6 is 0 Å². The monoisotopic (exact) mass is 266 g/mol. The zero-order chi connectivity index (χ0) is 13.2. The number of amides is 2. The van der Waals surface area contributed by atoms with E-state index in [1.807, 2.05) is 0 Å². The number of hydroxylamine groups is 2. The fourth-order valence-electron chi connectivity index (χ4n) is 1.43. The molecule has 0 saturated carbocycles. The first-order valence-electron chi connectivity index (χ1n) is 4.91. The predicted octanol–water partition coefficient (Wildman–Crippen LogP) is -1.46. The van der Waals surface area contributed by atoms with E-state index in [9.17, 15) is 18.0 Å². The average Bonchev–Trinajstić information content (AvgIpc) is 2.45. The molecule has 1 fully saturated rings. The van der Waals surface area contributed by atoms with E-state index < -0.39 is 39.7 Å². The van der Waals surface area contributed by atoms with Crippen LogP contribution in [0.25, 0.3) is 0 Å². The summed E-state index contributed by atoms with van der Waals surface area (Å²) in [4.78, 5) is 27.9. The summed E-state index contributed by atoms with van der Waals surface area (Å²) in [5.41, 5.74) is 0. The Morgan fingerprint density at radius 1 is 1.59 bits per heavy atom. The van der Waals surface area contributed by atoms with E-state index in [-0.39, 0.29) is 0 Å². The maximum absolute atomic E-state index is 11.5. The third-order valence-corrected chi connectivity index (χ3v) is 3.29. The molecule has 0 aromatic rings. The Balaban J connectivity index is 2.76. The quantitative estimate of drug-likeness (QED) is 0.462. The lowest BCUT2D eigenvalue weighted by atomic mass is 10.4. The van der Waals surface area contributed by atoms with Gasteiger partial charge in [0, 0.05) is 6.54 Å². The molecule has 2 N–H and O–H groups in total. The van der Waals surface area contributed by atoms with E-state index in [2.05, 4.69) is 5.32 Å². The number of carbonyl (C=O) groups excluding carboxylic acids is 2. The molecule has 2 atom stereocenters. The minimum Gasteiger partial charge on any atom is -0.317 e. The van der Waals surface area contributed by atoms with Gasteiger partial charge in [-0.15, -0.1) is 0 Å². The zero-order valence-corrected chi connectivity index (χ0v) is 10.2. The van der Waals surface area contributed by atoms with Gasteiger partial charge in [0.05, 0.1) is 12.5 Å². The second-order valence-corrected chi connectivity index (χ2v) is 5.31.